The fourth-order valence-corrected chi connectivity index (χ4v) is 1.70. The molecule has 2 aromatic rings. The molecule has 0 amide bonds. The molecule has 0 saturated carbocycles. The summed E-state index contributed by atoms with van der Waals surface area (Å²) in [6.45, 7) is 0. The van der Waals surface area contributed by atoms with E-state index < -0.39 is 7.69 Å². The molecular formula is C8H9BO2S. The lowest BCUT2D eigenvalue weighted by atomic mass is 10.2. The Morgan fingerprint density at radius 1 is 1.00 bits per heavy atom. The molecule has 0 fully saturated rings. The summed E-state index contributed by atoms with van der Waals surface area (Å²) >= 11 is 1.75. The van der Waals surface area contributed by atoms with E-state index in [0.29, 0.717) is 0 Å². The Morgan fingerprint density at radius 2 is 1.42 bits per heavy atom. The minimum atomic E-state index is -0.750. The van der Waals surface area contributed by atoms with Crippen LogP contribution in [-0.4, -0.2) is 17.7 Å². The predicted octanol–water partition coefficient (Wildman–Crippen LogP) is 1.14. The minimum Gasteiger partial charge on any atom is -0.430 e. The van der Waals surface area contributed by atoms with Crippen LogP contribution in [0.1, 0.15) is 0 Å². The highest BCUT2D eigenvalue weighted by Gasteiger charge is 1.87. The van der Waals surface area contributed by atoms with Crippen molar-refractivity contribution < 1.29 is 10.0 Å². The number of hydrogen-bond acceptors (Lipinski definition) is 3. The Morgan fingerprint density at radius 3 is 1.83 bits per heavy atom. The molecule has 1 heterocycles. The minimum absolute atomic E-state index is 0.750. The van der Waals surface area contributed by atoms with Gasteiger partial charge in [-0.05, 0) is 21.5 Å². The number of thiophene rings is 1. The smallest absolute Gasteiger partial charge is 0.430 e. The van der Waals surface area contributed by atoms with Gasteiger partial charge in [-0.1, -0.05) is 24.3 Å². The van der Waals surface area contributed by atoms with Crippen LogP contribution in [0.3, 0.4) is 0 Å². The lowest BCUT2D eigenvalue weighted by molar-refractivity contribution is 0.448. The molecule has 0 saturated heterocycles. The molecule has 12 heavy (non-hydrogen) atoms. The SMILES string of the molecule is OBO.c1ccc2cscc2c1. The van der Waals surface area contributed by atoms with Gasteiger partial charge in [0.1, 0.15) is 0 Å². The van der Waals surface area contributed by atoms with Crippen molar-refractivity contribution in [3.05, 3.63) is 35.0 Å². The summed E-state index contributed by atoms with van der Waals surface area (Å²) in [5, 5.41) is 21.3. The van der Waals surface area contributed by atoms with E-state index in [-0.39, 0.29) is 0 Å². The molecule has 0 spiro atoms. The Hall–Kier alpha value is -0.835. The van der Waals surface area contributed by atoms with Crippen LogP contribution in [0.25, 0.3) is 10.8 Å². The fourth-order valence-electron chi connectivity index (χ4n) is 0.906. The summed E-state index contributed by atoms with van der Waals surface area (Å²) in [6, 6.07) is 8.39. The third-order valence-electron chi connectivity index (χ3n) is 1.39. The van der Waals surface area contributed by atoms with Crippen LogP contribution in [0, 0.1) is 0 Å². The zero-order chi connectivity index (χ0) is 8.81. The third kappa shape index (κ3) is 2.34. The molecule has 1 aromatic heterocycles. The second-order valence-corrected chi connectivity index (χ2v) is 2.89. The molecule has 0 aliphatic heterocycles. The summed E-state index contributed by atoms with van der Waals surface area (Å²) in [5.41, 5.74) is 0. The van der Waals surface area contributed by atoms with Crippen molar-refractivity contribution in [2.24, 2.45) is 0 Å². The van der Waals surface area contributed by atoms with Crippen molar-refractivity contribution >= 4 is 29.8 Å². The predicted molar refractivity (Wildman–Crippen MR) is 53.4 cm³/mol. The van der Waals surface area contributed by atoms with Crippen molar-refractivity contribution in [3.63, 3.8) is 0 Å². The van der Waals surface area contributed by atoms with Gasteiger partial charge in [0.05, 0.1) is 0 Å². The molecule has 1 aromatic carbocycles. The van der Waals surface area contributed by atoms with Crippen LogP contribution in [0.15, 0.2) is 35.0 Å². The van der Waals surface area contributed by atoms with Crippen LogP contribution in [-0.2, 0) is 0 Å². The first-order chi connectivity index (χ1) is 5.88. The second kappa shape index (κ2) is 4.93. The molecule has 2 N–H and O–H groups in total. The molecule has 0 aliphatic rings. The zero-order valence-corrected chi connectivity index (χ0v) is 7.29. The molecule has 62 valence electrons. The van der Waals surface area contributed by atoms with Gasteiger partial charge in [-0.2, -0.15) is 11.3 Å². The highest BCUT2D eigenvalue weighted by molar-refractivity contribution is 7.09. The molecule has 4 heteroatoms. The molecule has 2 nitrogen and oxygen atoms in total. The molecular weight excluding hydrogens is 171 g/mol. The van der Waals surface area contributed by atoms with Gasteiger partial charge in [0, 0.05) is 0 Å². The van der Waals surface area contributed by atoms with E-state index >= 15 is 0 Å². The van der Waals surface area contributed by atoms with E-state index in [2.05, 4.69) is 35.0 Å². The van der Waals surface area contributed by atoms with Gasteiger partial charge >= 0.3 is 7.69 Å². The van der Waals surface area contributed by atoms with Crippen molar-refractivity contribution in [1.29, 1.82) is 0 Å². The largest absolute Gasteiger partial charge is 0.432 e. The van der Waals surface area contributed by atoms with E-state index in [1.165, 1.54) is 10.8 Å². The topological polar surface area (TPSA) is 40.5 Å². The van der Waals surface area contributed by atoms with Gasteiger partial charge in [-0.15, -0.1) is 0 Å². The standard InChI is InChI=1S/C8H6S.BH3O2/c1-2-4-8-6-9-5-7(8)3-1;2-1-3/h1-6H;1-3H. The lowest BCUT2D eigenvalue weighted by Crippen LogP contribution is -1.75. The molecule has 0 aliphatic carbocycles. The lowest BCUT2D eigenvalue weighted by Gasteiger charge is -1.82. The van der Waals surface area contributed by atoms with Crippen LogP contribution in [0.4, 0.5) is 0 Å². The third-order valence-corrected chi connectivity index (χ3v) is 2.17. The molecule has 0 bridgehead atoms. The molecule has 0 atom stereocenters. The van der Waals surface area contributed by atoms with E-state index in [1.807, 2.05) is 0 Å². The van der Waals surface area contributed by atoms with E-state index in [1.54, 1.807) is 11.3 Å². The van der Waals surface area contributed by atoms with Crippen molar-refractivity contribution in [3.8, 4) is 0 Å². The Balaban J connectivity index is 0.000000213. The second-order valence-electron chi connectivity index (χ2n) is 2.14. The monoisotopic (exact) mass is 180 g/mol. The summed E-state index contributed by atoms with van der Waals surface area (Å²) in [7, 11) is -0.750. The highest BCUT2D eigenvalue weighted by Crippen LogP contribution is 2.17. The van der Waals surface area contributed by atoms with Gasteiger partial charge in [0.25, 0.3) is 0 Å². The van der Waals surface area contributed by atoms with E-state index in [0.717, 1.165) is 0 Å². The van der Waals surface area contributed by atoms with Gasteiger partial charge in [-0.3, -0.25) is 0 Å². The highest BCUT2D eigenvalue weighted by atomic mass is 32.1. The number of rotatable bonds is 0. The summed E-state index contributed by atoms with van der Waals surface area (Å²) in [6.07, 6.45) is 0. The van der Waals surface area contributed by atoms with E-state index in [9.17, 15) is 0 Å². The first kappa shape index (κ1) is 9.25. The summed E-state index contributed by atoms with van der Waals surface area (Å²) in [5.74, 6) is 0. The van der Waals surface area contributed by atoms with Crippen LogP contribution < -0.4 is 0 Å². The number of hydrogen-bond donors (Lipinski definition) is 2. The van der Waals surface area contributed by atoms with Crippen LogP contribution in [0.2, 0.25) is 0 Å². The van der Waals surface area contributed by atoms with Gasteiger partial charge in [0.2, 0.25) is 0 Å². The molecule has 2 rings (SSSR count). The summed E-state index contributed by atoms with van der Waals surface area (Å²) < 4.78 is 0. The van der Waals surface area contributed by atoms with Crippen molar-refractivity contribution in [2.75, 3.05) is 0 Å². The average molecular weight is 180 g/mol. The van der Waals surface area contributed by atoms with Crippen molar-refractivity contribution in [1.82, 2.24) is 0 Å². The Kier molecular flexibility index (Phi) is 3.80. The fraction of sp³-hybridized carbons (Fsp3) is 0. The summed E-state index contributed by atoms with van der Waals surface area (Å²) in [4.78, 5) is 0. The Labute approximate surface area is 75.4 Å². The van der Waals surface area contributed by atoms with Crippen LogP contribution in [0.5, 0.6) is 0 Å². The van der Waals surface area contributed by atoms with E-state index in [4.69, 9.17) is 10.0 Å². The Bertz CT molecular complexity index is 304. The first-order valence-electron chi connectivity index (χ1n) is 3.51. The average Bonchev–Trinajstić information content (AvgIpc) is 2.52. The van der Waals surface area contributed by atoms with Gasteiger partial charge in [0.15, 0.2) is 0 Å². The van der Waals surface area contributed by atoms with Gasteiger partial charge in [-0.25, -0.2) is 0 Å². The van der Waals surface area contributed by atoms with Crippen LogP contribution >= 0.6 is 11.3 Å². The molecule has 0 unspecified atom stereocenters. The maximum Gasteiger partial charge on any atom is 0.432 e. The normalized spacial score (nSPS) is 8.83. The van der Waals surface area contributed by atoms with Crippen molar-refractivity contribution in [2.45, 2.75) is 0 Å². The number of fused-ring (bicyclic) bond motifs is 1. The number of benzene rings is 1. The quantitative estimate of drug-likeness (QED) is 0.596. The maximum absolute atomic E-state index is 7.12. The first-order valence-corrected chi connectivity index (χ1v) is 4.45. The maximum atomic E-state index is 7.12. The van der Waals surface area contributed by atoms with Gasteiger partial charge < -0.3 is 10.0 Å². The zero-order valence-electron chi connectivity index (χ0n) is 6.47. The molecule has 0 radical (unpaired) electrons.